The van der Waals surface area contributed by atoms with Crippen molar-refractivity contribution < 1.29 is 14.7 Å². The van der Waals surface area contributed by atoms with E-state index in [2.05, 4.69) is 24.1 Å². The molecule has 1 amide bonds. The number of carboxylic acid groups (broad SMARTS) is 1. The number of hydrogen-bond donors (Lipinski definition) is 2. The molecule has 1 rings (SSSR count). The Morgan fingerprint density at radius 1 is 1.39 bits per heavy atom. The van der Waals surface area contributed by atoms with Crippen molar-refractivity contribution in [2.45, 2.75) is 39.7 Å². The standard InChI is InChI=1S/C13H24N2O3/c1-9(2)11-6-12(14-10(3)16)8-15(7-11)5-4-13(17)18/h9,11-12H,4-8H2,1-3H3,(H,14,16)(H,17,18). The monoisotopic (exact) mass is 256 g/mol. The van der Waals surface area contributed by atoms with Crippen LogP contribution in [0.3, 0.4) is 0 Å². The Bertz CT molecular complexity index is 305. The number of rotatable bonds is 5. The summed E-state index contributed by atoms with van der Waals surface area (Å²) >= 11 is 0. The van der Waals surface area contributed by atoms with Crippen molar-refractivity contribution in [3.8, 4) is 0 Å². The van der Waals surface area contributed by atoms with Crippen LogP contribution >= 0.6 is 0 Å². The minimum atomic E-state index is -0.766. The summed E-state index contributed by atoms with van der Waals surface area (Å²) in [5.74, 6) is 0.290. The maximum absolute atomic E-state index is 11.1. The van der Waals surface area contributed by atoms with Crippen molar-refractivity contribution in [3.05, 3.63) is 0 Å². The van der Waals surface area contributed by atoms with E-state index in [-0.39, 0.29) is 18.4 Å². The molecule has 1 saturated heterocycles. The van der Waals surface area contributed by atoms with E-state index < -0.39 is 5.97 Å². The summed E-state index contributed by atoms with van der Waals surface area (Å²) in [6.07, 6.45) is 1.15. The number of carbonyl (C=O) groups is 2. The quantitative estimate of drug-likeness (QED) is 0.768. The van der Waals surface area contributed by atoms with Crippen molar-refractivity contribution in [1.29, 1.82) is 0 Å². The van der Waals surface area contributed by atoms with Gasteiger partial charge in [-0.15, -0.1) is 0 Å². The van der Waals surface area contributed by atoms with Crippen molar-refractivity contribution in [2.75, 3.05) is 19.6 Å². The van der Waals surface area contributed by atoms with Crippen LogP contribution in [0.2, 0.25) is 0 Å². The molecule has 1 fully saturated rings. The second-order valence-electron chi connectivity index (χ2n) is 5.54. The van der Waals surface area contributed by atoms with Gasteiger partial charge in [-0.1, -0.05) is 13.8 Å². The lowest BCUT2D eigenvalue weighted by Crippen LogP contribution is -2.51. The molecule has 1 aliphatic heterocycles. The minimum absolute atomic E-state index is 0.0115. The van der Waals surface area contributed by atoms with Crippen LogP contribution in [-0.4, -0.2) is 47.6 Å². The second kappa shape index (κ2) is 6.73. The largest absolute Gasteiger partial charge is 0.481 e. The Hall–Kier alpha value is -1.10. The van der Waals surface area contributed by atoms with Gasteiger partial charge in [0.1, 0.15) is 0 Å². The van der Waals surface area contributed by atoms with Gasteiger partial charge in [0.2, 0.25) is 5.91 Å². The van der Waals surface area contributed by atoms with Crippen LogP contribution in [0.4, 0.5) is 0 Å². The Morgan fingerprint density at radius 2 is 2.06 bits per heavy atom. The zero-order valence-electron chi connectivity index (χ0n) is 11.5. The lowest BCUT2D eigenvalue weighted by molar-refractivity contribution is -0.137. The number of piperidine rings is 1. The van der Waals surface area contributed by atoms with Gasteiger partial charge in [-0.25, -0.2) is 0 Å². The highest BCUT2D eigenvalue weighted by molar-refractivity contribution is 5.73. The Kier molecular flexibility index (Phi) is 5.59. The maximum atomic E-state index is 11.1. The summed E-state index contributed by atoms with van der Waals surface area (Å²) in [6, 6.07) is 0.150. The molecule has 5 heteroatoms. The maximum Gasteiger partial charge on any atom is 0.304 e. The molecule has 0 aliphatic carbocycles. The van der Waals surface area contributed by atoms with Crippen molar-refractivity contribution in [1.82, 2.24) is 10.2 Å². The first-order valence-electron chi connectivity index (χ1n) is 6.59. The van der Waals surface area contributed by atoms with Gasteiger partial charge in [0.25, 0.3) is 0 Å². The van der Waals surface area contributed by atoms with Crippen LogP contribution in [0.5, 0.6) is 0 Å². The fourth-order valence-corrected chi connectivity index (χ4v) is 2.54. The van der Waals surface area contributed by atoms with Crippen molar-refractivity contribution in [3.63, 3.8) is 0 Å². The smallest absolute Gasteiger partial charge is 0.304 e. The highest BCUT2D eigenvalue weighted by atomic mass is 16.4. The van der Waals surface area contributed by atoms with E-state index in [0.717, 1.165) is 19.5 Å². The van der Waals surface area contributed by atoms with E-state index in [1.54, 1.807) is 0 Å². The molecule has 0 aromatic heterocycles. The van der Waals surface area contributed by atoms with Gasteiger partial charge in [-0.05, 0) is 18.3 Å². The van der Waals surface area contributed by atoms with Gasteiger partial charge < -0.3 is 15.3 Å². The third kappa shape index (κ3) is 5.04. The average Bonchev–Trinajstić information content (AvgIpc) is 2.25. The van der Waals surface area contributed by atoms with Crippen LogP contribution < -0.4 is 5.32 Å². The SMILES string of the molecule is CC(=O)NC1CC(C(C)C)CN(CCC(=O)O)C1. The van der Waals surface area contributed by atoms with E-state index in [4.69, 9.17) is 5.11 Å². The number of nitrogens with one attached hydrogen (secondary N) is 1. The predicted octanol–water partition coefficient (Wildman–Crippen LogP) is 0.944. The first-order valence-corrected chi connectivity index (χ1v) is 6.59. The third-order valence-electron chi connectivity index (χ3n) is 3.55. The molecule has 1 heterocycles. The topological polar surface area (TPSA) is 69.6 Å². The van der Waals surface area contributed by atoms with Crippen molar-refractivity contribution >= 4 is 11.9 Å². The number of likely N-dealkylation sites (tertiary alicyclic amines) is 1. The zero-order valence-corrected chi connectivity index (χ0v) is 11.5. The van der Waals surface area contributed by atoms with Crippen molar-refractivity contribution in [2.24, 2.45) is 11.8 Å². The van der Waals surface area contributed by atoms with E-state index in [9.17, 15) is 9.59 Å². The van der Waals surface area contributed by atoms with E-state index in [1.165, 1.54) is 6.92 Å². The Morgan fingerprint density at radius 3 is 2.56 bits per heavy atom. The lowest BCUT2D eigenvalue weighted by atomic mass is 9.85. The van der Waals surface area contributed by atoms with E-state index in [0.29, 0.717) is 18.4 Å². The molecular weight excluding hydrogens is 232 g/mol. The number of carboxylic acids is 1. The highest BCUT2D eigenvalue weighted by Gasteiger charge is 2.29. The highest BCUT2D eigenvalue weighted by Crippen LogP contribution is 2.24. The summed E-state index contributed by atoms with van der Waals surface area (Å²) in [5, 5.41) is 11.7. The van der Waals surface area contributed by atoms with Gasteiger partial charge >= 0.3 is 5.97 Å². The molecule has 2 N–H and O–H groups in total. The normalized spacial score (nSPS) is 25.1. The van der Waals surface area contributed by atoms with Crippen LogP contribution in [0.1, 0.15) is 33.6 Å². The van der Waals surface area contributed by atoms with E-state index in [1.807, 2.05) is 0 Å². The summed E-state index contributed by atoms with van der Waals surface area (Å²) in [6.45, 7) is 8.14. The zero-order chi connectivity index (χ0) is 13.7. The van der Waals surface area contributed by atoms with Gasteiger partial charge in [-0.3, -0.25) is 9.59 Å². The van der Waals surface area contributed by atoms with Gasteiger partial charge in [0.15, 0.2) is 0 Å². The molecule has 2 atom stereocenters. The number of aliphatic carboxylic acids is 1. The molecule has 0 bridgehead atoms. The Balaban J connectivity index is 2.56. The third-order valence-corrected chi connectivity index (χ3v) is 3.55. The number of carbonyl (C=O) groups excluding carboxylic acids is 1. The fourth-order valence-electron chi connectivity index (χ4n) is 2.54. The second-order valence-corrected chi connectivity index (χ2v) is 5.54. The molecule has 1 aliphatic rings. The molecule has 0 spiro atoms. The molecule has 18 heavy (non-hydrogen) atoms. The summed E-state index contributed by atoms with van der Waals surface area (Å²) in [5.41, 5.74) is 0. The summed E-state index contributed by atoms with van der Waals surface area (Å²) in [7, 11) is 0. The molecule has 5 nitrogen and oxygen atoms in total. The Labute approximate surface area is 109 Å². The van der Waals surface area contributed by atoms with Crippen LogP contribution in [0, 0.1) is 11.8 Å². The molecule has 104 valence electrons. The van der Waals surface area contributed by atoms with E-state index >= 15 is 0 Å². The molecule has 0 aromatic rings. The predicted molar refractivity (Wildman–Crippen MR) is 69.2 cm³/mol. The van der Waals surface area contributed by atoms with Gasteiger partial charge in [-0.2, -0.15) is 0 Å². The average molecular weight is 256 g/mol. The minimum Gasteiger partial charge on any atom is -0.481 e. The summed E-state index contributed by atoms with van der Waals surface area (Å²) in [4.78, 5) is 23.9. The first-order chi connectivity index (χ1) is 8.38. The lowest BCUT2D eigenvalue weighted by Gasteiger charge is -2.39. The van der Waals surface area contributed by atoms with Gasteiger partial charge in [0, 0.05) is 32.6 Å². The molecule has 0 saturated carbocycles. The van der Waals surface area contributed by atoms with Crippen LogP contribution in [0.15, 0.2) is 0 Å². The molecular formula is C13H24N2O3. The first kappa shape index (κ1) is 15.0. The van der Waals surface area contributed by atoms with Crippen LogP contribution in [-0.2, 0) is 9.59 Å². The van der Waals surface area contributed by atoms with Crippen LogP contribution in [0.25, 0.3) is 0 Å². The molecule has 0 aromatic carbocycles. The fraction of sp³-hybridized carbons (Fsp3) is 0.846. The number of hydrogen-bond acceptors (Lipinski definition) is 3. The van der Waals surface area contributed by atoms with Gasteiger partial charge in [0.05, 0.1) is 6.42 Å². The number of amides is 1. The molecule has 2 unspecified atom stereocenters. The number of nitrogens with zero attached hydrogens (tertiary/aromatic N) is 1. The summed E-state index contributed by atoms with van der Waals surface area (Å²) < 4.78 is 0. The molecule has 0 radical (unpaired) electrons.